The SMILES string of the molecule is CC(=O)OC[C@H](OC(C)=O)[C@H](/C=C/C(=O)N1CCCC1)OC(C)=O. The molecule has 1 amide bonds. The molecule has 0 unspecified atom stereocenters. The van der Waals surface area contributed by atoms with Crippen molar-refractivity contribution in [3.05, 3.63) is 12.2 Å². The van der Waals surface area contributed by atoms with E-state index in [-0.39, 0.29) is 12.5 Å². The van der Waals surface area contributed by atoms with Crippen LogP contribution in [0.2, 0.25) is 0 Å². The lowest BCUT2D eigenvalue weighted by atomic mass is 10.2. The van der Waals surface area contributed by atoms with Crippen LogP contribution in [0.1, 0.15) is 33.6 Å². The summed E-state index contributed by atoms with van der Waals surface area (Å²) in [6.07, 6.45) is 2.48. The molecule has 1 aliphatic rings. The van der Waals surface area contributed by atoms with Crippen LogP contribution in [0.25, 0.3) is 0 Å². The van der Waals surface area contributed by atoms with Crippen molar-refractivity contribution in [3.63, 3.8) is 0 Å². The second-order valence-electron chi connectivity index (χ2n) is 5.42. The molecule has 134 valence electrons. The molecule has 1 rings (SSSR count). The van der Waals surface area contributed by atoms with Gasteiger partial charge in [0.05, 0.1) is 0 Å². The van der Waals surface area contributed by atoms with Gasteiger partial charge in [-0.05, 0) is 18.9 Å². The molecule has 1 fully saturated rings. The van der Waals surface area contributed by atoms with Crippen molar-refractivity contribution in [1.29, 1.82) is 0 Å². The molecule has 1 saturated heterocycles. The van der Waals surface area contributed by atoms with Crippen LogP contribution in [-0.2, 0) is 33.4 Å². The summed E-state index contributed by atoms with van der Waals surface area (Å²) in [5.74, 6) is -2.01. The quantitative estimate of drug-likeness (QED) is 0.380. The zero-order chi connectivity index (χ0) is 18.1. The number of nitrogens with zero attached hydrogens (tertiary/aromatic N) is 1. The highest BCUT2D eigenvalue weighted by Crippen LogP contribution is 2.11. The van der Waals surface area contributed by atoms with E-state index in [1.807, 2.05) is 0 Å². The Hall–Kier alpha value is -2.38. The Balaban J connectivity index is 2.83. The van der Waals surface area contributed by atoms with E-state index >= 15 is 0 Å². The topological polar surface area (TPSA) is 99.2 Å². The number of rotatable bonds is 7. The predicted octanol–water partition coefficient (Wildman–Crippen LogP) is 0.591. The molecule has 0 aliphatic carbocycles. The maximum Gasteiger partial charge on any atom is 0.303 e. The van der Waals surface area contributed by atoms with Crippen molar-refractivity contribution in [3.8, 4) is 0 Å². The maximum absolute atomic E-state index is 12.1. The minimum absolute atomic E-state index is 0.210. The molecule has 8 nitrogen and oxygen atoms in total. The Morgan fingerprint density at radius 2 is 1.54 bits per heavy atom. The Kier molecular flexibility index (Phi) is 7.94. The maximum atomic E-state index is 12.1. The van der Waals surface area contributed by atoms with E-state index in [0.29, 0.717) is 13.1 Å². The van der Waals surface area contributed by atoms with Crippen molar-refractivity contribution in [1.82, 2.24) is 4.90 Å². The zero-order valence-electron chi connectivity index (χ0n) is 14.1. The van der Waals surface area contributed by atoms with Crippen molar-refractivity contribution < 1.29 is 33.4 Å². The summed E-state index contributed by atoms with van der Waals surface area (Å²) in [5.41, 5.74) is 0. The number of hydrogen-bond acceptors (Lipinski definition) is 7. The van der Waals surface area contributed by atoms with Gasteiger partial charge in [-0.15, -0.1) is 0 Å². The summed E-state index contributed by atoms with van der Waals surface area (Å²) in [6, 6.07) is 0. The van der Waals surface area contributed by atoms with E-state index in [4.69, 9.17) is 14.2 Å². The molecular formula is C16H23NO7. The van der Waals surface area contributed by atoms with Crippen LogP contribution in [0.15, 0.2) is 12.2 Å². The molecule has 0 aromatic rings. The van der Waals surface area contributed by atoms with E-state index < -0.39 is 30.1 Å². The third-order valence-corrected chi connectivity index (χ3v) is 3.28. The molecule has 0 N–H and O–H groups in total. The predicted molar refractivity (Wildman–Crippen MR) is 82.7 cm³/mol. The van der Waals surface area contributed by atoms with Crippen molar-refractivity contribution >= 4 is 23.8 Å². The van der Waals surface area contributed by atoms with Gasteiger partial charge in [0.1, 0.15) is 6.61 Å². The molecule has 24 heavy (non-hydrogen) atoms. The summed E-state index contributed by atoms with van der Waals surface area (Å²) in [5, 5.41) is 0. The Morgan fingerprint density at radius 3 is 2.04 bits per heavy atom. The van der Waals surface area contributed by atoms with Gasteiger partial charge < -0.3 is 19.1 Å². The fraction of sp³-hybridized carbons (Fsp3) is 0.625. The van der Waals surface area contributed by atoms with E-state index in [0.717, 1.165) is 12.8 Å². The van der Waals surface area contributed by atoms with Crippen LogP contribution in [0.5, 0.6) is 0 Å². The third kappa shape index (κ3) is 7.26. The molecule has 0 radical (unpaired) electrons. The van der Waals surface area contributed by atoms with Crippen molar-refractivity contribution in [2.75, 3.05) is 19.7 Å². The van der Waals surface area contributed by atoms with Gasteiger partial charge in [0.2, 0.25) is 5.91 Å². The van der Waals surface area contributed by atoms with Gasteiger partial charge in [0.25, 0.3) is 0 Å². The third-order valence-electron chi connectivity index (χ3n) is 3.28. The number of likely N-dealkylation sites (tertiary alicyclic amines) is 1. The second-order valence-corrected chi connectivity index (χ2v) is 5.42. The molecule has 8 heteroatoms. The number of esters is 3. The number of amides is 1. The normalized spacial score (nSPS) is 16.5. The molecule has 1 heterocycles. The summed E-state index contributed by atoms with van der Waals surface area (Å²) in [6.45, 7) is 4.67. The van der Waals surface area contributed by atoms with Crippen LogP contribution in [0, 0.1) is 0 Å². The van der Waals surface area contributed by atoms with Crippen molar-refractivity contribution in [2.45, 2.75) is 45.8 Å². The number of hydrogen-bond donors (Lipinski definition) is 0. The fourth-order valence-electron chi connectivity index (χ4n) is 2.26. The highest BCUT2D eigenvalue weighted by molar-refractivity contribution is 5.87. The minimum Gasteiger partial charge on any atom is -0.462 e. The molecule has 0 spiro atoms. The van der Waals surface area contributed by atoms with Gasteiger partial charge in [-0.2, -0.15) is 0 Å². The fourth-order valence-corrected chi connectivity index (χ4v) is 2.26. The second kappa shape index (κ2) is 9.69. The summed E-state index contributed by atoms with van der Waals surface area (Å²) < 4.78 is 15.0. The van der Waals surface area contributed by atoms with Gasteiger partial charge in [-0.25, -0.2) is 0 Å². The molecule has 0 saturated carbocycles. The first-order valence-corrected chi connectivity index (χ1v) is 7.74. The largest absolute Gasteiger partial charge is 0.462 e. The highest BCUT2D eigenvalue weighted by atomic mass is 16.6. The Bertz CT molecular complexity index is 509. The average molecular weight is 341 g/mol. The van der Waals surface area contributed by atoms with E-state index in [1.165, 1.54) is 32.9 Å². The van der Waals surface area contributed by atoms with Gasteiger partial charge in [-0.1, -0.05) is 0 Å². The smallest absolute Gasteiger partial charge is 0.303 e. The van der Waals surface area contributed by atoms with Crippen LogP contribution >= 0.6 is 0 Å². The van der Waals surface area contributed by atoms with E-state index in [1.54, 1.807) is 4.90 Å². The van der Waals surface area contributed by atoms with Crippen LogP contribution in [0.4, 0.5) is 0 Å². The van der Waals surface area contributed by atoms with Crippen LogP contribution in [0.3, 0.4) is 0 Å². The van der Waals surface area contributed by atoms with Gasteiger partial charge in [0, 0.05) is 39.9 Å². The highest BCUT2D eigenvalue weighted by Gasteiger charge is 2.27. The minimum atomic E-state index is -1.03. The molecule has 0 aromatic heterocycles. The number of ether oxygens (including phenoxy) is 3. The summed E-state index contributed by atoms with van der Waals surface area (Å²) in [4.78, 5) is 47.2. The lowest BCUT2D eigenvalue weighted by molar-refractivity contribution is -0.169. The summed E-state index contributed by atoms with van der Waals surface area (Å²) in [7, 11) is 0. The van der Waals surface area contributed by atoms with E-state index in [9.17, 15) is 19.2 Å². The molecule has 0 aromatic carbocycles. The van der Waals surface area contributed by atoms with Gasteiger partial charge >= 0.3 is 17.9 Å². The van der Waals surface area contributed by atoms with Gasteiger partial charge in [-0.3, -0.25) is 19.2 Å². The molecule has 2 atom stereocenters. The van der Waals surface area contributed by atoms with Crippen molar-refractivity contribution in [2.24, 2.45) is 0 Å². The van der Waals surface area contributed by atoms with Crippen LogP contribution in [-0.4, -0.2) is 60.6 Å². The molecular weight excluding hydrogens is 318 g/mol. The molecule has 0 bridgehead atoms. The summed E-state index contributed by atoms with van der Waals surface area (Å²) >= 11 is 0. The number of carbonyl (C=O) groups excluding carboxylic acids is 4. The standard InChI is InChI=1S/C16H23NO7/c1-11(18)22-10-15(24-13(3)20)14(23-12(2)19)6-7-16(21)17-8-4-5-9-17/h6-7,14-15H,4-5,8-10H2,1-3H3/b7-6+/t14-,15-/m0/s1. The lowest BCUT2D eigenvalue weighted by Crippen LogP contribution is -2.37. The molecule has 1 aliphatic heterocycles. The first kappa shape index (κ1) is 19.7. The Morgan fingerprint density at radius 1 is 0.958 bits per heavy atom. The monoisotopic (exact) mass is 341 g/mol. The average Bonchev–Trinajstić information content (AvgIpc) is 3.01. The zero-order valence-corrected chi connectivity index (χ0v) is 14.1. The Labute approximate surface area is 140 Å². The lowest BCUT2D eigenvalue weighted by Gasteiger charge is -2.23. The van der Waals surface area contributed by atoms with Crippen LogP contribution < -0.4 is 0 Å². The number of carbonyl (C=O) groups is 4. The first-order chi connectivity index (χ1) is 11.3. The first-order valence-electron chi connectivity index (χ1n) is 7.74. The van der Waals surface area contributed by atoms with E-state index in [2.05, 4.69) is 0 Å². The van der Waals surface area contributed by atoms with Gasteiger partial charge in [0.15, 0.2) is 12.2 Å².